The fraction of sp³-hybridized carbons (Fsp3) is 0.375. The van der Waals surface area contributed by atoms with Crippen molar-refractivity contribution in [2.45, 2.75) is 6.42 Å². The molecule has 1 aliphatic rings. The summed E-state index contributed by atoms with van der Waals surface area (Å²) in [5.74, 6) is 0.116. The number of hydrogen-bond acceptors (Lipinski definition) is 4. The molecule has 0 aliphatic carbocycles. The van der Waals surface area contributed by atoms with Crippen LogP contribution in [0.15, 0.2) is 36.5 Å². The number of rotatable bonds is 2. The number of likely N-dealkylation sites (N-methyl/N-ethyl adjacent to an activating group) is 1. The van der Waals surface area contributed by atoms with Gasteiger partial charge in [0.05, 0.1) is 6.20 Å². The van der Waals surface area contributed by atoms with Gasteiger partial charge in [-0.15, -0.1) is 11.3 Å². The van der Waals surface area contributed by atoms with Crippen LogP contribution in [0.25, 0.3) is 10.6 Å². The van der Waals surface area contributed by atoms with E-state index in [9.17, 15) is 4.79 Å². The number of thiazole rings is 1. The van der Waals surface area contributed by atoms with Crippen LogP contribution in [0.3, 0.4) is 0 Å². The molecule has 0 atom stereocenters. The molecule has 0 radical (unpaired) electrons. The Morgan fingerprint density at radius 2 is 1.95 bits per heavy atom. The van der Waals surface area contributed by atoms with Crippen molar-refractivity contribution in [2.24, 2.45) is 0 Å². The molecule has 3 rings (SSSR count). The van der Waals surface area contributed by atoms with Crippen molar-refractivity contribution in [3.63, 3.8) is 0 Å². The lowest BCUT2D eigenvalue weighted by Gasteiger charge is -2.19. The second-order valence-electron chi connectivity index (χ2n) is 5.34. The van der Waals surface area contributed by atoms with Crippen LogP contribution in [-0.2, 0) is 0 Å². The third kappa shape index (κ3) is 3.31. The van der Waals surface area contributed by atoms with E-state index >= 15 is 0 Å². The summed E-state index contributed by atoms with van der Waals surface area (Å²) in [5, 5.41) is 0.908. The highest BCUT2D eigenvalue weighted by Crippen LogP contribution is 2.25. The molecule has 5 heteroatoms. The molecule has 1 aromatic heterocycles. The van der Waals surface area contributed by atoms with Crippen LogP contribution >= 0.6 is 11.3 Å². The Labute approximate surface area is 129 Å². The summed E-state index contributed by atoms with van der Waals surface area (Å²) in [7, 11) is 2.11. The summed E-state index contributed by atoms with van der Waals surface area (Å²) in [6.45, 7) is 3.63. The summed E-state index contributed by atoms with van der Waals surface area (Å²) < 4.78 is 0. The van der Waals surface area contributed by atoms with E-state index in [0.29, 0.717) is 0 Å². The van der Waals surface area contributed by atoms with Crippen molar-refractivity contribution in [1.82, 2.24) is 14.8 Å². The molecule has 21 heavy (non-hydrogen) atoms. The topological polar surface area (TPSA) is 36.4 Å². The Balaban J connectivity index is 1.75. The SMILES string of the molecule is CN1CCCN(C(=O)c2cnc(-c3ccccc3)s2)CC1. The molecular formula is C16H19N3OS. The summed E-state index contributed by atoms with van der Waals surface area (Å²) in [6, 6.07) is 10.0. The fourth-order valence-corrected chi connectivity index (χ4v) is 3.38. The number of aromatic nitrogens is 1. The summed E-state index contributed by atoms with van der Waals surface area (Å²) in [5.41, 5.74) is 1.07. The van der Waals surface area contributed by atoms with Gasteiger partial charge >= 0.3 is 0 Å². The van der Waals surface area contributed by atoms with Crippen molar-refractivity contribution in [3.05, 3.63) is 41.4 Å². The zero-order valence-corrected chi connectivity index (χ0v) is 13.0. The highest BCUT2D eigenvalue weighted by atomic mass is 32.1. The second-order valence-corrected chi connectivity index (χ2v) is 6.38. The average molecular weight is 301 g/mol. The van der Waals surface area contributed by atoms with Gasteiger partial charge in [-0.2, -0.15) is 0 Å². The van der Waals surface area contributed by atoms with Crippen LogP contribution in [0.2, 0.25) is 0 Å². The highest BCUT2D eigenvalue weighted by molar-refractivity contribution is 7.16. The van der Waals surface area contributed by atoms with Gasteiger partial charge in [0.25, 0.3) is 5.91 Å². The molecule has 0 bridgehead atoms. The molecule has 0 spiro atoms. The van der Waals surface area contributed by atoms with Crippen molar-refractivity contribution in [3.8, 4) is 10.6 Å². The number of hydrogen-bond donors (Lipinski definition) is 0. The lowest BCUT2D eigenvalue weighted by atomic mass is 10.2. The minimum absolute atomic E-state index is 0.116. The van der Waals surface area contributed by atoms with Crippen molar-refractivity contribution in [1.29, 1.82) is 0 Å². The zero-order valence-electron chi connectivity index (χ0n) is 12.2. The zero-order chi connectivity index (χ0) is 14.7. The lowest BCUT2D eigenvalue weighted by Crippen LogP contribution is -2.34. The minimum atomic E-state index is 0.116. The van der Waals surface area contributed by atoms with Crippen LogP contribution in [-0.4, -0.2) is 53.9 Å². The van der Waals surface area contributed by atoms with E-state index < -0.39 is 0 Å². The van der Waals surface area contributed by atoms with Crippen LogP contribution in [0, 0.1) is 0 Å². The molecule has 1 aromatic carbocycles. The maximum absolute atomic E-state index is 12.6. The van der Waals surface area contributed by atoms with Crippen molar-refractivity contribution < 1.29 is 4.79 Å². The van der Waals surface area contributed by atoms with E-state index in [-0.39, 0.29) is 5.91 Å². The van der Waals surface area contributed by atoms with Gasteiger partial charge < -0.3 is 9.80 Å². The molecule has 1 amide bonds. The maximum Gasteiger partial charge on any atom is 0.265 e. The number of carbonyl (C=O) groups is 1. The van der Waals surface area contributed by atoms with Gasteiger partial charge in [0.1, 0.15) is 9.88 Å². The lowest BCUT2D eigenvalue weighted by molar-refractivity contribution is 0.0767. The predicted molar refractivity (Wildman–Crippen MR) is 85.6 cm³/mol. The van der Waals surface area contributed by atoms with Crippen LogP contribution < -0.4 is 0 Å². The largest absolute Gasteiger partial charge is 0.337 e. The van der Waals surface area contributed by atoms with Gasteiger partial charge in [-0.1, -0.05) is 30.3 Å². The third-order valence-electron chi connectivity index (χ3n) is 3.74. The van der Waals surface area contributed by atoms with E-state index in [4.69, 9.17) is 0 Å². The number of nitrogens with zero attached hydrogens (tertiary/aromatic N) is 3. The average Bonchev–Trinajstić information content (AvgIpc) is 2.91. The number of carbonyl (C=O) groups excluding carboxylic acids is 1. The van der Waals surface area contributed by atoms with E-state index in [1.165, 1.54) is 11.3 Å². The third-order valence-corrected chi connectivity index (χ3v) is 4.78. The van der Waals surface area contributed by atoms with Gasteiger partial charge in [-0.25, -0.2) is 4.98 Å². The highest BCUT2D eigenvalue weighted by Gasteiger charge is 2.21. The van der Waals surface area contributed by atoms with Crippen LogP contribution in [0.4, 0.5) is 0 Å². The maximum atomic E-state index is 12.6. The van der Waals surface area contributed by atoms with Gasteiger partial charge in [0.2, 0.25) is 0 Å². The van der Waals surface area contributed by atoms with E-state index in [1.807, 2.05) is 35.2 Å². The summed E-state index contributed by atoms with van der Waals surface area (Å²) in [4.78, 5) is 21.9. The number of benzene rings is 1. The molecule has 1 fully saturated rings. The predicted octanol–water partition coefficient (Wildman–Crippen LogP) is 2.59. The van der Waals surface area contributed by atoms with Gasteiger partial charge in [0, 0.05) is 25.2 Å². The Bertz CT molecular complexity index is 611. The fourth-order valence-electron chi connectivity index (χ4n) is 2.49. The first-order valence-electron chi connectivity index (χ1n) is 7.23. The Morgan fingerprint density at radius 1 is 1.14 bits per heavy atom. The minimum Gasteiger partial charge on any atom is -0.337 e. The number of amides is 1. The Morgan fingerprint density at radius 3 is 2.76 bits per heavy atom. The molecule has 0 saturated carbocycles. The van der Waals surface area contributed by atoms with Gasteiger partial charge in [0.15, 0.2) is 0 Å². The first-order chi connectivity index (χ1) is 10.2. The standard InChI is InChI=1S/C16H19N3OS/c1-18-8-5-9-19(11-10-18)16(20)14-12-17-15(21-14)13-6-3-2-4-7-13/h2-4,6-7,12H,5,8-11H2,1H3. The summed E-state index contributed by atoms with van der Waals surface area (Å²) in [6.07, 6.45) is 2.75. The molecule has 0 unspecified atom stereocenters. The molecule has 4 nitrogen and oxygen atoms in total. The molecule has 2 heterocycles. The van der Waals surface area contributed by atoms with E-state index in [2.05, 4.69) is 16.9 Å². The molecule has 110 valence electrons. The van der Waals surface area contributed by atoms with Gasteiger partial charge in [-0.3, -0.25) is 4.79 Å². The molecular weight excluding hydrogens is 282 g/mol. The quantitative estimate of drug-likeness (QED) is 0.855. The van der Waals surface area contributed by atoms with E-state index in [1.54, 1.807) is 6.20 Å². The van der Waals surface area contributed by atoms with Crippen molar-refractivity contribution in [2.75, 3.05) is 33.2 Å². The van der Waals surface area contributed by atoms with Crippen LogP contribution in [0.5, 0.6) is 0 Å². The van der Waals surface area contributed by atoms with Crippen LogP contribution in [0.1, 0.15) is 16.1 Å². The summed E-state index contributed by atoms with van der Waals surface area (Å²) >= 11 is 1.48. The first kappa shape index (κ1) is 14.2. The molecule has 2 aromatic rings. The second kappa shape index (κ2) is 6.37. The molecule has 1 saturated heterocycles. The molecule has 0 N–H and O–H groups in total. The molecule has 1 aliphatic heterocycles. The Kier molecular flexibility index (Phi) is 4.31. The first-order valence-corrected chi connectivity index (χ1v) is 8.05. The smallest absolute Gasteiger partial charge is 0.265 e. The normalized spacial score (nSPS) is 16.7. The Hall–Kier alpha value is -1.72. The van der Waals surface area contributed by atoms with Crippen molar-refractivity contribution >= 4 is 17.2 Å². The monoisotopic (exact) mass is 301 g/mol. The van der Waals surface area contributed by atoms with Gasteiger partial charge in [-0.05, 0) is 20.0 Å². The van der Waals surface area contributed by atoms with E-state index in [0.717, 1.165) is 48.0 Å².